The van der Waals surface area contributed by atoms with Crippen LogP contribution in [-0.4, -0.2) is 26.0 Å². The Balaban J connectivity index is 1.69. The van der Waals surface area contributed by atoms with E-state index in [4.69, 9.17) is 5.73 Å². The highest BCUT2D eigenvalue weighted by Gasteiger charge is 2.15. The van der Waals surface area contributed by atoms with Gasteiger partial charge in [-0.3, -0.25) is 4.98 Å². The first-order valence-electron chi connectivity index (χ1n) is 7.23. The second-order valence-electron chi connectivity index (χ2n) is 5.39. The zero-order chi connectivity index (χ0) is 17.1. The summed E-state index contributed by atoms with van der Waals surface area (Å²) in [5.41, 5.74) is 7.41. The number of benzene rings is 1. The summed E-state index contributed by atoms with van der Waals surface area (Å²) in [6.07, 6.45) is 5.36. The maximum Gasteiger partial charge on any atom is 0.161 e. The fraction of sp³-hybridized carbons (Fsp3) is 0.188. The van der Waals surface area contributed by atoms with Gasteiger partial charge in [0.05, 0.1) is 17.6 Å². The molecule has 0 fully saturated rings. The summed E-state index contributed by atoms with van der Waals surface area (Å²) in [4.78, 5) is 3.92. The molecule has 0 spiro atoms. The monoisotopic (exact) mass is 333 g/mol. The topological polar surface area (TPSA) is 69.6 Å². The summed E-state index contributed by atoms with van der Waals surface area (Å²) in [7, 11) is 0. The van der Waals surface area contributed by atoms with Crippen molar-refractivity contribution in [2.75, 3.05) is 0 Å². The molecule has 0 saturated carbocycles. The zero-order valence-corrected chi connectivity index (χ0v) is 12.5. The van der Waals surface area contributed by atoms with E-state index in [0.717, 1.165) is 11.8 Å². The molecular weight excluding hydrogens is 319 g/mol. The molecule has 0 aliphatic carbocycles. The Morgan fingerprint density at radius 3 is 2.46 bits per heavy atom. The van der Waals surface area contributed by atoms with Crippen LogP contribution in [0.15, 0.2) is 42.9 Å². The van der Waals surface area contributed by atoms with Crippen LogP contribution in [0.3, 0.4) is 0 Å². The number of hydrogen-bond donors (Lipinski definition) is 1. The van der Waals surface area contributed by atoms with E-state index in [1.54, 1.807) is 35.4 Å². The van der Waals surface area contributed by atoms with Gasteiger partial charge in [-0.25, -0.2) is 17.9 Å². The quantitative estimate of drug-likeness (QED) is 0.727. The van der Waals surface area contributed by atoms with E-state index in [1.807, 2.05) is 0 Å². The van der Waals surface area contributed by atoms with Gasteiger partial charge in [-0.15, -0.1) is 5.10 Å². The van der Waals surface area contributed by atoms with Crippen LogP contribution in [-0.2, 0) is 12.8 Å². The average molecular weight is 333 g/mol. The molecule has 1 aromatic carbocycles. The van der Waals surface area contributed by atoms with E-state index in [1.165, 1.54) is 0 Å². The predicted molar refractivity (Wildman–Crippen MR) is 80.9 cm³/mol. The normalized spacial score (nSPS) is 12.3. The van der Waals surface area contributed by atoms with Gasteiger partial charge in [0.15, 0.2) is 11.6 Å². The molecule has 2 aromatic heterocycles. The van der Waals surface area contributed by atoms with Gasteiger partial charge in [-0.2, -0.15) is 0 Å². The molecule has 0 unspecified atom stereocenters. The molecule has 2 heterocycles. The van der Waals surface area contributed by atoms with Crippen molar-refractivity contribution in [2.45, 2.75) is 18.9 Å². The Hall–Kier alpha value is -2.74. The van der Waals surface area contributed by atoms with Crippen molar-refractivity contribution >= 4 is 0 Å². The smallest absolute Gasteiger partial charge is 0.161 e. The molecule has 0 aliphatic rings. The van der Waals surface area contributed by atoms with E-state index in [9.17, 15) is 13.2 Å². The first kappa shape index (κ1) is 16.1. The Morgan fingerprint density at radius 2 is 1.71 bits per heavy atom. The number of nitrogens with two attached hydrogens (primary N) is 1. The van der Waals surface area contributed by atoms with Crippen LogP contribution in [0.25, 0.3) is 5.69 Å². The molecular formula is C16H14F3N5. The molecule has 5 nitrogen and oxygen atoms in total. The highest BCUT2D eigenvalue weighted by Crippen LogP contribution is 2.16. The van der Waals surface area contributed by atoms with Gasteiger partial charge in [-0.05, 0) is 30.2 Å². The lowest BCUT2D eigenvalue weighted by Crippen LogP contribution is -2.26. The number of halogens is 3. The SMILES string of the molecule is N[C@@H](Cc1cn(-c2ccncc2)nn1)Cc1cc(F)c(F)cc1F. The standard InChI is InChI=1S/C16H14F3N5/c17-14-8-16(19)15(18)6-10(14)5-11(20)7-12-9-24(23-22-12)13-1-3-21-4-2-13/h1-4,6,8-9,11H,5,7,20H2/t11-/m1/s1. The van der Waals surface area contributed by atoms with Crippen molar-refractivity contribution in [1.82, 2.24) is 20.0 Å². The van der Waals surface area contributed by atoms with Crippen LogP contribution in [0.4, 0.5) is 13.2 Å². The lowest BCUT2D eigenvalue weighted by Gasteiger charge is -2.11. The number of hydrogen-bond acceptors (Lipinski definition) is 4. The second-order valence-corrected chi connectivity index (χ2v) is 5.39. The molecule has 3 rings (SSSR count). The molecule has 2 N–H and O–H groups in total. The van der Waals surface area contributed by atoms with Crippen LogP contribution in [0.1, 0.15) is 11.3 Å². The van der Waals surface area contributed by atoms with Gasteiger partial charge >= 0.3 is 0 Å². The molecule has 8 heteroatoms. The average Bonchev–Trinajstić information content (AvgIpc) is 3.02. The third kappa shape index (κ3) is 3.60. The van der Waals surface area contributed by atoms with E-state index in [-0.39, 0.29) is 12.0 Å². The lowest BCUT2D eigenvalue weighted by molar-refractivity contribution is 0.486. The molecule has 0 amide bonds. The molecule has 24 heavy (non-hydrogen) atoms. The summed E-state index contributed by atoms with van der Waals surface area (Å²) in [5.74, 6) is -3.13. The van der Waals surface area contributed by atoms with Crippen molar-refractivity contribution in [2.24, 2.45) is 5.73 Å². The highest BCUT2D eigenvalue weighted by molar-refractivity contribution is 5.27. The summed E-state index contributed by atoms with van der Waals surface area (Å²) >= 11 is 0. The van der Waals surface area contributed by atoms with Crippen LogP contribution >= 0.6 is 0 Å². The number of pyridine rings is 1. The van der Waals surface area contributed by atoms with Gasteiger partial charge in [0.2, 0.25) is 0 Å². The maximum atomic E-state index is 13.7. The molecule has 1 atom stereocenters. The van der Waals surface area contributed by atoms with Gasteiger partial charge in [0.25, 0.3) is 0 Å². The molecule has 0 aliphatic heterocycles. The minimum absolute atomic E-state index is 0.0305. The first-order chi connectivity index (χ1) is 11.5. The van der Waals surface area contributed by atoms with Gasteiger partial charge in [0.1, 0.15) is 5.82 Å². The minimum Gasteiger partial charge on any atom is -0.327 e. The number of rotatable bonds is 5. The Kier molecular flexibility index (Phi) is 4.57. The highest BCUT2D eigenvalue weighted by atomic mass is 19.2. The van der Waals surface area contributed by atoms with E-state index in [2.05, 4.69) is 15.3 Å². The number of nitrogens with zero attached hydrogens (tertiary/aromatic N) is 4. The van der Waals surface area contributed by atoms with Gasteiger partial charge in [0, 0.05) is 30.9 Å². The summed E-state index contributed by atoms with van der Waals surface area (Å²) in [6.45, 7) is 0. The van der Waals surface area contributed by atoms with Crippen LogP contribution in [0.2, 0.25) is 0 Å². The lowest BCUT2D eigenvalue weighted by atomic mass is 10.0. The second kappa shape index (κ2) is 6.79. The third-order valence-corrected chi connectivity index (χ3v) is 3.51. The van der Waals surface area contributed by atoms with Crippen LogP contribution in [0, 0.1) is 17.5 Å². The van der Waals surface area contributed by atoms with Crippen molar-refractivity contribution in [3.05, 3.63) is 71.6 Å². The van der Waals surface area contributed by atoms with Crippen molar-refractivity contribution < 1.29 is 13.2 Å². The number of aromatic nitrogens is 4. The molecule has 0 saturated heterocycles. The van der Waals surface area contributed by atoms with Crippen molar-refractivity contribution in [1.29, 1.82) is 0 Å². The molecule has 3 aromatic rings. The zero-order valence-electron chi connectivity index (χ0n) is 12.5. The maximum absolute atomic E-state index is 13.7. The Labute approximate surface area is 135 Å². The largest absolute Gasteiger partial charge is 0.327 e. The van der Waals surface area contributed by atoms with E-state index in [0.29, 0.717) is 18.2 Å². The van der Waals surface area contributed by atoms with E-state index < -0.39 is 23.5 Å². The Morgan fingerprint density at radius 1 is 1.00 bits per heavy atom. The van der Waals surface area contributed by atoms with Gasteiger partial charge < -0.3 is 5.73 Å². The fourth-order valence-corrected chi connectivity index (χ4v) is 2.36. The Bertz CT molecular complexity index is 835. The summed E-state index contributed by atoms with van der Waals surface area (Å²) in [5, 5.41) is 8.00. The molecule has 124 valence electrons. The third-order valence-electron chi connectivity index (χ3n) is 3.51. The molecule has 0 bridgehead atoms. The van der Waals surface area contributed by atoms with Gasteiger partial charge in [-0.1, -0.05) is 5.21 Å². The van der Waals surface area contributed by atoms with Crippen LogP contribution < -0.4 is 5.73 Å². The minimum atomic E-state index is -1.22. The fourth-order valence-electron chi connectivity index (χ4n) is 2.36. The van der Waals surface area contributed by atoms with Crippen molar-refractivity contribution in [3.8, 4) is 5.69 Å². The van der Waals surface area contributed by atoms with Crippen LogP contribution in [0.5, 0.6) is 0 Å². The summed E-state index contributed by atoms with van der Waals surface area (Å²) in [6, 6.07) is 4.39. The predicted octanol–water partition coefficient (Wildman–Crippen LogP) is 2.19. The molecule has 0 radical (unpaired) electrons. The van der Waals surface area contributed by atoms with E-state index >= 15 is 0 Å². The van der Waals surface area contributed by atoms with Crippen molar-refractivity contribution in [3.63, 3.8) is 0 Å². The first-order valence-corrected chi connectivity index (χ1v) is 7.23. The summed E-state index contributed by atoms with van der Waals surface area (Å²) < 4.78 is 41.4.